The average molecular weight is 270 g/mol. The van der Waals surface area contributed by atoms with Crippen LogP contribution in [0.5, 0.6) is 0 Å². The first-order valence-corrected chi connectivity index (χ1v) is 7.39. The highest BCUT2D eigenvalue weighted by molar-refractivity contribution is 7.91. The van der Waals surface area contributed by atoms with E-state index in [1.165, 1.54) is 7.11 Å². The predicted molar refractivity (Wildman–Crippen MR) is 69.2 cm³/mol. The summed E-state index contributed by atoms with van der Waals surface area (Å²) < 4.78 is 28.6. The van der Waals surface area contributed by atoms with Gasteiger partial charge in [-0.15, -0.1) is 0 Å². The molecule has 0 N–H and O–H groups in total. The zero-order chi connectivity index (χ0) is 13.8. The minimum Gasteiger partial charge on any atom is -0.469 e. The van der Waals surface area contributed by atoms with Crippen LogP contribution in [-0.4, -0.2) is 27.2 Å². The lowest BCUT2D eigenvalue weighted by Gasteiger charge is -2.08. The Morgan fingerprint density at radius 3 is 2.50 bits per heavy atom. The third kappa shape index (κ3) is 3.84. The van der Waals surface area contributed by atoms with Crippen LogP contribution >= 0.6 is 0 Å². The van der Waals surface area contributed by atoms with Crippen molar-refractivity contribution in [2.75, 3.05) is 12.9 Å². The lowest BCUT2D eigenvalue weighted by molar-refractivity contribution is -0.140. The highest BCUT2D eigenvalue weighted by atomic mass is 32.2. The second kappa shape index (κ2) is 6.00. The number of carbonyl (C=O) groups is 1. The molecule has 18 heavy (non-hydrogen) atoms. The van der Waals surface area contributed by atoms with E-state index in [2.05, 4.69) is 4.74 Å². The molecule has 1 aromatic carbocycles. The minimum atomic E-state index is -3.32. The van der Waals surface area contributed by atoms with Crippen molar-refractivity contribution in [3.8, 4) is 0 Å². The quantitative estimate of drug-likeness (QED) is 0.768. The number of esters is 1. The summed E-state index contributed by atoms with van der Waals surface area (Å²) in [5, 5.41) is 0. The Morgan fingerprint density at radius 1 is 1.28 bits per heavy atom. The molecular formula is C13H18O4S. The molecule has 0 atom stereocenters. The number of ether oxygens (including phenoxy) is 1. The fraction of sp³-hybridized carbons (Fsp3) is 0.462. The van der Waals surface area contributed by atoms with Gasteiger partial charge in [0.15, 0.2) is 9.84 Å². The molecule has 0 saturated carbocycles. The topological polar surface area (TPSA) is 60.4 Å². The van der Waals surface area contributed by atoms with Crippen molar-refractivity contribution in [1.29, 1.82) is 0 Å². The molecule has 0 saturated heterocycles. The Morgan fingerprint density at radius 2 is 1.94 bits per heavy atom. The first-order chi connectivity index (χ1) is 8.36. The van der Waals surface area contributed by atoms with Crippen LogP contribution in [0.25, 0.3) is 0 Å². The van der Waals surface area contributed by atoms with E-state index in [0.29, 0.717) is 4.90 Å². The van der Waals surface area contributed by atoms with Gasteiger partial charge in [0, 0.05) is 6.42 Å². The van der Waals surface area contributed by atoms with E-state index in [1.54, 1.807) is 19.1 Å². The van der Waals surface area contributed by atoms with Crippen molar-refractivity contribution in [1.82, 2.24) is 0 Å². The van der Waals surface area contributed by atoms with E-state index in [4.69, 9.17) is 0 Å². The van der Waals surface area contributed by atoms with Gasteiger partial charge in [0.05, 0.1) is 17.8 Å². The van der Waals surface area contributed by atoms with Gasteiger partial charge in [-0.25, -0.2) is 8.42 Å². The molecule has 0 aliphatic rings. The van der Waals surface area contributed by atoms with Gasteiger partial charge in [0.2, 0.25) is 0 Å². The van der Waals surface area contributed by atoms with Crippen LogP contribution in [0.15, 0.2) is 23.1 Å². The molecular weight excluding hydrogens is 252 g/mol. The molecule has 0 heterocycles. The summed E-state index contributed by atoms with van der Waals surface area (Å²) in [5.41, 5.74) is 1.77. The maximum atomic E-state index is 12.1. The molecule has 1 rings (SSSR count). The van der Waals surface area contributed by atoms with Gasteiger partial charge in [-0.3, -0.25) is 4.79 Å². The van der Waals surface area contributed by atoms with Crippen molar-refractivity contribution in [2.45, 2.75) is 31.6 Å². The van der Waals surface area contributed by atoms with E-state index in [9.17, 15) is 13.2 Å². The second-order valence-corrected chi connectivity index (χ2v) is 6.35. The molecule has 0 amide bonds. The van der Waals surface area contributed by atoms with Gasteiger partial charge >= 0.3 is 5.97 Å². The SMILES string of the molecule is COC(=O)CCCS(=O)(=O)c1ccc(C)cc1C. The Labute approximate surface area is 108 Å². The fourth-order valence-electron chi connectivity index (χ4n) is 1.77. The molecule has 5 heteroatoms. The van der Waals surface area contributed by atoms with Gasteiger partial charge < -0.3 is 4.74 Å². The number of methoxy groups -OCH3 is 1. The van der Waals surface area contributed by atoms with E-state index < -0.39 is 9.84 Å². The number of hydrogen-bond donors (Lipinski definition) is 0. The highest BCUT2D eigenvalue weighted by Crippen LogP contribution is 2.18. The van der Waals surface area contributed by atoms with Crippen LogP contribution in [-0.2, 0) is 19.4 Å². The molecule has 0 aromatic heterocycles. The summed E-state index contributed by atoms with van der Waals surface area (Å²) >= 11 is 0. The molecule has 0 aliphatic carbocycles. The third-order valence-electron chi connectivity index (χ3n) is 2.69. The van der Waals surface area contributed by atoms with Crippen molar-refractivity contribution in [3.05, 3.63) is 29.3 Å². The highest BCUT2D eigenvalue weighted by Gasteiger charge is 2.17. The number of benzene rings is 1. The summed E-state index contributed by atoms with van der Waals surface area (Å²) in [5.74, 6) is -0.419. The number of aryl methyl sites for hydroxylation is 2. The normalized spacial score (nSPS) is 11.3. The van der Waals surface area contributed by atoms with Crippen LogP contribution in [0.2, 0.25) is 0 Å². The van der Waals surface area contributed by atoms with E-state index in [1.807, 2.05) is 13.0 Å². The molecule has 0 aliphatic heterocycles. The minimum absolute atomic E-state index is 0.0357. The van der Waals surface area contributed by atoms with Gasteiger partial charge in [0.25, 0.3) is 0 Å². The van der Waals surface area contributed by atoms with Crippen LogP contribution in [0.1, 0.15) is 24.0 Å². The van der Waals surface area contributed by atoms with Crippen molar-refractivity contribution in [2.24, 2.45) is 0 Å². The van der Waals surface area contributed by atoms with Crippen LogP contribution in [0.3, 0.4) is 0 Å². The first-order valence-electron chi connectivity index (χ1n) is 5.73. The van der Waals surface area contributed by atoms with Crippen LogP contribution < -0.4 is 0 Å². The Kier molecular flexibility index (Phi) is 4.90. The van der Waals surface area contributed by atoms with Gasteiger partial charge in [-0.2, -0.15) is 0 Å². The number of hydrogen-bond acceptors (Lipinski definition) is 4. The smallest absolute Gasteiger partial charge is 0.305 e. The van der Waals surface area contributed by atoms with Crippen LogP contribution in [0.4, 0.5) is 0 Å². The molecule has 0 radical (unpaired) electrons. The lowest BCUT2D eigenvalue weighted by atomic mass is 10.2. The molecule has 4 nitrogen and oxygen atoms in total. The van der Waals surface area contributed by atoms with Gasteiger partial charge in [-0.05, 0) is 31.9 Å². The molecule has 0 fully saturated rings. The second-order valence-electron chi connectivity index (χ2n) is 4.27. The van der Waals surface area contributed by atoms with Crippen LogP contribution in [0, 0.1) is 13.8 Å². The maximum absolute atomic E-state index is 12.1. The number of carbonyl (C=O) groups excluding carboxylic acids is 1. The van der Waals surface area contributed by atoms with Crippen molar-refractivity contribution < 1.29 is 17.9 Å². The van der Waals surface area contributed by atoms with E-state index in [-0.39, 0.29) is 24.6 Å². The summed E-state index contributed by atoms with van der Waals surface area (Å²) in [4.78, 5) is 11.3. The maximum Gasteiger partial charge on any atom is 0.305 e. The van der Waals surface area contributed by atoms with E-state index in [0.717, 1.165) is 11.1 Å². The lowest BCUT2D eigenvalue weighted by Crippen LogP contribution is -2.11. The summed E-state index contributed by atoms with van der Waals surface area (Å²) in [6.45, 7) is 3.70. The number of sulfone groups is 1. The summed E-state index contributed by atoms with van der Waals surface area (Å²) in [7, 11) is -2.03. The summed E-state index contributed by atoms with van der Waals surface area (Å²) in [6.07, 6.45) is 0.406. The standard InChI is InChI=1S/C13H18O4S/c1-10-6-7-12(11(2)9-10)18(15,16)8-4-5-13(14)17-3/h6-7,9H,4-5,8H2,1-3H3. The Bertz CT molecular complexity index is 532. The van der Waals surface area contributed by atoms with E-state index >= 15 is 0 Å². The molecule has 0 unspecified atom stereocenters. The number of rotatable bonds is 5. The third-order valence-corrected chi connectivity index (χ3v) is 4.64. The van der Waals surface area contributed by atoms with Crippen molar-refractivity contribution >= 4 is 15.8 Å². The average Bonchev–Trinajstić information content (AvgIpc) is 2.27. The molecule has 100 valence electrons. The molecule has 0 bridgehead atoms. The fourth-order valence-corrected chi connectivity index (χ4v) is 3.34. The Balaban J connectivity index is 2.77. The van der Waals surface area contributed by atoms with Gasteiger partial charge in [-0.1, -0.05) is 17.7 Å². The Hall–Kier alpha value is -1.36. The first kappa shape index (κ1) is 14.7. The zero-order valence-corrected chi connectivity index (χ0v) is 11.7. The molecule has 1 aromatic rings. The monoisotopic (exact) mass is 270 g/mol. The predicted octanol–water partition coefficient (Wildman–Crippen LogP) is 2.03. The van der Waals surface area contributed by atoms with Gasteiger partial charge in [0.1, 0.15) is 0 Å². The van der Waals surface area contributed by atoms with Crippen molar-refractivity contribution in [3.63, 3.8) is 0 Å². The summed E-state index contributed by atoms with van der Waals surface area (Å²) in [6, 6.07) is 5.24. The largest absolute Gasteiger partial charge is 0.469 e. The molecule has 0 spiro atoms. The zero-order valence-electron chi connectivity index (χ0n) is 10.9.